The maximum atomic E-state index is 11.0. The Bertz CT molecular complexity index is 537. The highest BCUT2D eigenvalue weighted by Crippen LogP contribution is 2.31. The Balaban J connectivity index is 2.20. The van der Waals surface area contributed by atoms with Gasteiger partial charge in [-0.05, 0) is 18.1 Å². The molecule has 98 valence electrons. The van der Waals surface area contributed by atoms with E-state index < -0.39 is 14.4 Å². The lowest BCUT2D eigenvalue weighted by atomic mass is 10.0. The summed E-state index contributed by atoms with van der Waals surface area (Å²) in [5.41, 5.74) is 3.13. The number of benzene rings is 2. The molecule has 1 N–H and O–H groups in total. The molecule has 0 aliphatic carbocycles. The largest absolute Gasteiger partial charge is 0.695 e. The van der Waals surface area contributed by atoms with E-state index in [0.717, 1.165) is 16.7 Å². The standard InChI is InChI=1S/C15H15O3P/c1-12-7-9-14(10-8-12)15(18-19(16)17)11-13-5-3-2-4-6-13/h2-10,15H,11H2,1H3/p+1. The highest BCUT2D eigenvalue weighted by molar-refractivity contribution is 7.32. The van der Waals surface area contributed by atoms with E-state index in [1.807, 2.05) is 61.5 Å². The van der Waals surface area contributed by atoms with Crippen LogP contribution in [0.2, 0.25) is 0 Å². The third-order valence-electron chi connectivity index (χ3n) is 2.93. The third-order valence-corrected chi connectivity index (χ3v) is 3.37. The van der Waals surface area contributed by atoms with Gasteiger partial charge < -0.3 is 0 Å². The quantitative estimate of drug-likeness (QED) is 0.840. The van der Waals surface area contributed by atoms with Gasteiger partial charge in [0.25, 0.3) is 0 Å². The average molecular weight is 275 g/mol. The van der Waals surface area contributed by atoms with E-state index in [2.05, 4.69) is 0 Å². The molecule has 2 aromatic rings. The molecule has 0 fully saturated rings. The van der Waals surface area contributed by atoms with Crippen LogP contribution in [0.4, 0.5) is 0 Å². The predicted octanol–water partition coefficient (Wildman–Crippen LogP) is 3.95. The molecule has 0 aliphatic heterocycles. The van der Waals surface area contributed by atoms with Crippen molar-refractivity contribution in [2.75, 3.05) is 0 Å². The Kier molecular flexibility index (Phi) is 4.80. The summed E-state index contributed by atoms with van der Waals surface area (Å²) in [6.07, 6.45) is 0.169. The summed E-state index contributed by atoms with van der Waals surface area (Å²) < 4.78 is 16.1. The second-order valence-electron chi connectivity index (χ2n) is 4.43. The van der Waals surface area contributed by atoms with E-state index in [1.165, 1.54) is 0 Å². The molecular formula is C15H16O3P+. The van der Waals surface area contributed by atoms with E-state index in [0.29, 0.717) is 6.42 Å². The second-order valence-corrected chi connectivity index (χ2v) is 5.12. The number of aryl methyl sites for hydroxylation is 1. The summed E-state index contributed by atoms with van der Waals surface area (Å²) in [4.78, 5) is 9.00. The van der Waals surface area contributed by atoms with Crippen LogP contribution in [-0.4, -0.2) is 4.89 Å². The number of hydrogen-bond donors (Lipinski definition) is 1. The number of rotatable bonds is 5. The summed E-state index contributed by atoms with van der Waals surface area (Å²) in [5, 5.41) is 0. The maximum absolute atomic E-state index is 11.0. The summed E-state index contributed by atoms with van der Waals surface area (Å²) in [5.74, 6) is 0. The van der Waals surface area contributed by atoms with Crippen molar-refractivity contribution in [2.24, 2.45) is 0 Å². The molecular weight excluding hydrogens is 259 g/mol. The minimum Gasteiger partial charge on any atom is -0.133 e. The van der Waals surface area contributed by atoms with Crippen LogP contribution in [0.25, 0.3) is 0 Å². The minimum atomic E-state index is -2.62. The zero-order chi connectivity index (χ0) is 13.7. The van der Waals surface area contributed by atoms with Gasteiger partial charge in [-0.15, -0.1) is 9.42 Å². The lowest BCUT2D eigenvalue weighted by Crippen LogP contribution is -2.04. The SMILES string of the molecule is Cc1ccc(C(Cc2ccccc2)O[P+](=O)O)cc1. The van der Waals surface area contributed by atoms with Crippen LogP contribution in [0, 0.1) is 6.92 Å². The third kappa shape index (κ3) is 4.25. The van der Waals surface area contributed by atoms with E-state index in [-0.39, 0.29) is 0 Å². The Morgan fingerprint density at radius 2 is 1.74 bits per heavy atom. The Morgan fingerprint density at radius 3 is 2.32 bits per heavy atom. The van der Waals surface area contributed by atoms with E-state index in [4.69, 9.17) is 9.42 Å². The van der Waals surface area contributed by atoms with Crippen molar-refractivity contribution >= 4 is 8.25 Å². The molecule has 0 saturated carbocycles. The van der Waals surface area contributed by atoms with Crippen molar-refractivity contribution in [3.05, 3.63) is 71.3 Å². The molecule has 0 aromatic heterocycles. The van der Waals surface area contributed by atoms with Gasteiger partial charge in [0.15, 0.2) is 0 Å². The zero-order valence-corrected chi connectivity index (χ0v) is 11.6. The molecule has 2 unspecified atom stereocenters. The Hall–Kier alpha value is -1.54. The molecule has 19 heavy (non-hydrogen) atoms. The first-order valence-electron chi connectivity index (χ1n) is 6.08. The smallest absolute Gasteiger partial charge is 0.133 e. The molecule has 0 spiro atoms. The van der Waals surface area contributed by atoms with Crippen molar-refractivity contribution in [3.8, 4) is 0 Å². The molecule has 4 heteroatoms. The highest BCUT2D eigenvalue weighted by atomic mass is 31.1. The van der Waals surface area contributed by atoms with Gasteiger partial charge in [-0.25, -0.2) is 0 Å². The lowest BCUT2D eigenvalue weighted by Gasteiger charge is -2.11. The first kappa shape index (κ1) is 13.9. The van der Waals surface area contributed by atoms with Crippen LogP contribution in [-0.2, 0) is 15.5 Å². The molecule has 3 nitrogen and oxygen atoms in total. The summed E-state index contributed by atoms with van der Waals surface area (Å²) in [6.45, 7) is 2.00. The molecule has 0 amide bonds. The molecule has 2 rings (SSSR count). The van der Waals surface area contributed by atoms with Gasteiger partial charge >= 0.3 is 8.25 Å². The number of hydrogen-bond acceptors (Lipinski definition) is 2. The first-order valence-corrected chi connectivity index (χ1v) is 7.21. The van der Waals surface area contributed by atoms with Gasteiger partial charge in [0.2, 0.25) is 0 Å². The molecule has 0 bridgehead atoms. The highest BCUT2D eigenvalue weighted by Gasteiger charge is 2.24. The van der Waals surface area contributed by atoms with Gasteiger partial charge in [-0.2, -0.15) is 0 Å². The fourth-order valence-electron chi connectivity index (χ4n) is 1.93. The summed E-state index contributed by atoms with van der Waals surface area (Å²) >= 11 is 0. The van der Waals surface area contributed by atoms with Gasteiger partial charge in [-0.3, -0.25) is 0 Å². The molecule has 0 radical (unpaired) electrons. The van der Waals surface area contributed by atoms with E-state index >= 15 is 0 Å². The topological polar surface area (TPSA) is 46.5 Å². The van der Waals surface area contributed by atoms with Gasteiger partial charge in [0.1, 0.15) is 6.10 Å². The monoisotopic (exact) mass is 275 g/mol. The van der Waals surface area contributed by atoms with Crippen LogP contribution >= 0.6 is 8.25 Å². The van der Waals surface area contributed by atoms with Crippen LogP contribution < -0.4 is 0 Å². The molecule has 0 heterocycles. The zero-order valence-electron chi connectivity index (χ0n) is 10.7. The fourth-order valence-corrected chi connectivity index (χ4v) is 2.35. The van der Waals surface area contributed by atoms with Crippen molar-refractivity contribution < 1.29 is 14.0 Å². The van der Waals surface area contributed by atoms with Gasteiger partial charge in [0, 0.05) is 11.0 Å². The second kappa shape index (κ2) is 6.58. The van der Waals surface area contributed by atoms with Gasteiger partial charge in [-0.1, -0.05) is 60.2 Å². The van der Waals surface area contributed by atoms with Crippen LogP contribution in [0.1, 0.15) is 22.8 Å². The molecule has 0 saturated heterocycles. The van der Waals surface area contributed by atoms with Crippen LogP contribution in [0.15, 0.2) is 54.6 Å². The van der Waals surface area contributed by atoms with Crippen LogP contribution in [0.5, 0.6) is 0 Å². The average Bonchev–Trinajstić information content (AvgIpc) is 2.39. The van der Waals surface area contributed by atoms with Crippen molar-refractivity contribution in [1.82, 2.24) is 0 Å². The fraction of sp³-hybridized carbons (Fsp3) is 0.200. The molecule has 2 aromatic carbocycles. The predicted molar refractivity (Wildman–Crippen MR) is 75.0 cm³/mol. The Morgan fingerprint density at radius 1 is 1.11 bits per heavy atom. The maximum Gasteiger partial charge on any atom is 0.695 e. The minimum absolute atomic E-state index is 0.406. The van der Waals surface area contributed by atoms with Crippen molar-refractivity contribution in [1.29, 1.82) is 0 Å². The summed E-state index contributed by atoms with van der Waals surface area (Å²) in [6, 6.07) is 17.6. The lowest BCUT2D eigenvalue weighted by molar-refractivity contribution is 0.191. The van der Waals surface area contributed by atoms with Crippen molar-refractivity contribution in [3.63, 3.8) is 0 Å². The molecule has 0 aliphatic rings. The normalized spacial score (nSPS) is 13.1. The summed E-state index contributed by atoms with van der Waals surface area (Å²) in [7, 11) is -2.62. The van der Waals surface area contributed by atoms with E-state index in [1.54, 1.807) is 0 Å². The van der Waals surface area contributed by atoms with Crippen molar-refractivity contribution in [2.45, 2.75) is 19.4 Å². The van der Waals surface area contributed by atoms with Gasteiger partial charge in [0.05, 0.1) is 0 Å². The Labute approximate surface area is 113 Å². The first-order chi connectivity index (χ1) is 9.15. The van der Waals surface area contributed by atoms with E-state index in [9.17, 15) is 4.57 Å². The molecule has 2 atom stereocenters. The van der Waals surface area contributed by atoms with Crippen LogP contribution in [0.3, 0.4) is 0 Å².